The second-order valence-corrected chi connectivity index (χ2v) is 5.05. The highest BCUT2D eigenvalue weighted by Crippen LogP contribution is 2.43. The molecule has 1 aromatic carbocycles. The van der Waals surface area contributed by atoms with Gasteiger partial charge >= 0.3 is 0 Å². The highest BCUT2D eigenvalue weighted by molar-refractivity contribution is 5.85. The van der Waals surface area contributed by atoms with Crippen LogP contribution in [0.5, 0.6) is 0 Å². The first-order valence-corrected chi connectivity index (χ1v) is 6.09. The first kappa shape index (κ1) is 12.9. The molecule has 2 aromatic heterocycles. The Morgan fingerprint density at radius 2 is 2.10 bits per heavy atom. The molecule has 1 unspecified atom stereocenters. The Morgan fingerprint density at radius 3 is 2.90 bits per heavy atom. The van der Waals surface area contributed by atoms with E-state index >= 15 is 0 Å². The molecule has 0 spiro atoms. The second-order valence-electron chi connectivity index (χ2n) is 5.05. The molecular formula is C14H13ClN4O. The average Bonchev–Trinajstić information content (AvgIpc) is 2.94. The van der Waals surface area contributed by atoms with Crippen LogP contribution >= 0.6 is 12.4 Å². The quantitative estimate of drug-likeness (QED) is 0.660. The molecule has 1 aliphatic carbocycles. The summed E-state index contributed by atoms with van der Waals surface area (Å²) in [4.78, 5) is 19.0. The van der Waals surface area contributed by atoms with Gasteiger partial charge in [0, 0.05) is 18.0 Å². The first-order chi connectivity index (χ1) is 9.10. The number of hydrogen-bond donors (Lipinski definition) is 2. The van der Waals surface area contributed by atoms with E-state index in [0.29, 0.717) is 5.65 Å². The molecule has 1 aliphatic rings. The predicted molar refractivity (Wildman–Crippen MR) is 79.1 cm³/mol. The van der Waals surface area contributed by atoms with Gasteiger partial charge in [0.25, 0.3) is 5.56 Å². The summed E-state index contributed by atoms with van der Waals surface area (Å²) in [5.41, 5.74) is 9.70. The number of imidazole rings is 1. The summed E-state index contributed by atoms with van der Waals surface area (Å²) in [5.74, 6) is 0. The molecule has 3 aromatic rings. The maximum atomic E-state index is 12.0. The Hall–Kier alpha value is -2.11. The maximum absolute atomic E-state index is 12.0. The molecule has 0 saturated heterocycles. The number of aromatic amines is 1. The van der Waals surface area contributed by atoms with Gasteiger partial charge in [-0.1, -0.05) is 24.3 Å². The molecule has 6 heteroatoms. The van der Waals surface area contributed by atoms with Gasteiger partial charge in [0.1, 0.15) is 0 Å². The minimum absolute atomic E-state index is 0. The van der Waals surface area contributed by atoms with Crippen molar-refractivity contribution in [3.05, 3.63) is 58.3 Å². The average molecular weight is 289 g/mol. The smallest absolute Gasteiger partial charge is 0.292 e. The van der Waals surface area contributed by atoms with Crippen LogP contribution in [0.15, 0.2) is 41.5 Å². The standard InChI is InChI=1S/C14H12N4O.ClH/c1-14(15)9-5-3-2-4-8(9)10-11(14)18-7-6-16-12(18)13(19)17-10;/h2-7H,15H2,1H3,(H,17,19);1H. The molecule has 0 saturated carbocycles. The van der Waals surface area contributed by atoms with E-state index < -0.39 is 5.54 Å². The van der Waals surface area contributed by atoms with E-state index in [1.807, 2.05) is 31.2 Å². The third-order valence-corrected chi connectivity index (χ3v) is 3.81. The van der Waals surface area contributed by atoms with E-state index in [-0.39, 0.29) is 18.0 Å². The van der Waals surface area contributed by atoms with Crippen LogP contribution in [0.4, 0.5) is 0 Å². The Kier molecular flexibility index (Phi) is 2.54. The van der Waals surface area contributed by atoms with Crippen molar-refractivity contribution in [2.75, 3.05) is 0 Å². The molecule has 0 amide bonds. The van der Waals surface area contributed by atoms with E-state index in [0.717, 1.165) is 22.5 Å². The molecular weight excluding hydrogens is 276 g/mol. The number of aromatic nitrogens is 3. The normalized spacial score (nSPS) is 19.5. The Bertz CT molecular complexity index is 878. The van der Waals surface area contributed by atoms with Gasteiger partial charge in [0.2, 0.25) is 5.65 Å². The lowest BCUT2D eigenvalue weighted by molar-refractivity contribution is 0.589. The topological polar surface area (TPSA) is 76.2 Å². The summed E-state index contributed by atoms with van der Waals surface area (Å²) >= 11 is 0. The van der Waals surface area contributed by atoms with Crippen LogP contribution in [0.2, 0.25) is 0 Å². The number of H-pyrrole nitrogens is 1. The van der Waals surface area contributed by atoms with E-state index in [2.05, 4.69) is 9.97 Å². The highest BCUT2D eigenvalue weighted by Gasteiger charge is 2.39. The number of nitrogens with zero attached hydrogens (tertiary/aromatic N) is 2. The van der Waals surface area contributed by atoms with Crippen molar-refractivity contribution < 1.29 is 0 Å². The van der Waals surface area contributed by atoms with Gasteiger partial charge in [0.15, 0.2) is 0 Å². The van der Waals surface area contributed by atoms with Gasteiger partial charge in [-0.2, -0.15) is 0 Å². The monoisotopic (exact) mass is 288 g/mol. The lowest BCUT2D eigenvalue weighted by Gasteiger charge is -2.21. The van der Waals surface area contributed by atoms with Gasteiger partial charge in [-0.15, -0.1) is 12.4 Å². The first-order valence-electron chi connectivity index (χ1n) is 6.09. The van der Waals surface area contributed by atoms with Crippen LogP contribution in [-0.2, 0) is 5.54 Å². The number of halogens is 1. The number of rotatable bonds is 0. The predicted octanol–water partition coefficient (Wildman–Crippen LogP) is 1.65. The van der Waals surface area contributed by atoms with Crippen LogP contribution in [-0.4, -0.2) is 14.4 Å². The number of hydrogen-bond acceptors (Lipinski definition) is 3. The Balaban J connectivity index is 0.00000121. The number of nitrogens with two attached hydrogens (primary N) is 1. The summed E-state index contributed by atoms with van der Waals surface area (Å²) in [6.45, 7) is 1.95. The van der Waals surface area contributed by atoms with Gasteiger partial charge < -0.3 is 10.7 Å². The molecule has 1 atom stereocenters. The van der Waals surface area contributed by atoms with E-state index in [4.69, 9.17) is 5.73 Å². The largest absolute Gasteiger partial charge is 0.317 e. The molecule has 2 heterocycles. The van der Waals surface area contributed by atoms with Gasteiger partial charge in [-0.3, -0.25) is 9.20 Å². The summed E-state index contributed by atoms with van der Waals surface area (Å²) in [7, 11) is 0. The number of benzene rings is 1. The fourth-order valence-electron chi connectivity index (χ4n) is 2.99. The molecule has 5 nitrogen and oxygen atoms in total. The third-order valence-electron chi connectivity index (χ3n) is 3.81. The lowest BCUT2D eigenvalue weighted by atomic mass is 9.94. The third kappa shape index (κ3) is 1.36. The van der Waals surface area contributed by atoms with Crippen LogP contribution in [0.1, 0.15) is 18.2 Å². The van der Waals surface area contributed by atoms with Gasteiger partial charge in [-0.05, 0) is 12.5 Å². The summed E-state index contributed by atoms with van der Waals surface area (Å²) < 4.78 is 1.79. The van der Waals surface area contributed by atoms with Crippen molar-refractivity contribution in [1.29, 1.82) is 0 Å². The molecule has 3 N–H and O–H groups in total. The summed E-state index contributed by atoms with van der Waals surface area (Å²) in [6.07, 6.45) is 3.39. The number of fused-ring (bicyclic) bond motifs is 5. The molecule has 20 heavy (non-hydrogen) atoms. The summed E-state index contributed by atoms with van der Waals surface area (Å²) in [5, 5.41) is 0. The fourth-order valence-corrected chi connectivity index (χ4v) is 2.99. The SMILES string of the molecule is CC1(N)c2ccccc2-c2[nH]c(=O)c3nccn3c21.Cl. The van der Waals surface area contributed by atoms with E-state index in [1.54, 1.807) is 16.8 Å². The molecule has 0 aliphatic heterocycles. The van der Waals surface area contributed by atoms with Gasteiger partial charge in [0.05, 0.1) is 16.9 Å². The van der Waals surface area contributed by atoms with Crippen molar-refractivity contribution in [3.63, 3.8) is 0 Å². The minimum Gasteiger partial charge on any atom is -0.317 e. The maximum Gasteiger partial charge on any atom is 0.292 e. The van der Waals surface area contributed by atoms with Crippen LogP contribution in [0.3, 0.4) is 0 Å². The summed E-state index contributed by atoms with van der Waals surface area (Å²) in [6, 6.07) is 7.88. The zero-order valence-electron chi connectivity index (χ0n) is 10.8. The second kappa shape index (κ2) is 3.94. The van der Waals surface area contributed by atoms with Crippen molar-refractivity contribution in [3.8, 4) is 11.3 Å². The molecule has 0 fully saturated rings. The molecule has 0 bridgehead atoms. The molecule has 4 rings (SSSR count). The van der Waals surface area contributed by atoms with Gasteiger partial charge in [-0.25, -0.2) is 4.98 Å². The van der Waals surface area contributed by atoms with Crippen molar-refractivity contribution in [2.24, 2.45) is 5.73 Å². The minimum atomic E-state index is -0.644. The fraction of sp³-hybridized carbons (Fsp3) is 0.143. The Morgan fingerprint density at radius 1 is 1.35 bits per heavy atom. The highest BCUT2D eigenvalue weighted by atomic mass is 35.5. The van der Waals surface area contributed by atoms with Crippen molar-refractivity contribution in [1.82, 2.24) is 14.4 Å². The molecule has 0 radical (unpaired) electrons. The zero-order valence-corrected chi connectivity index (χ0v) is 11.6. The van der Waals surface area contributed by atoms with Crippen LogP contribution in [0, 0.1) is 0 Å². The van der Waals surface area contributed by atoms with Crippen molar-refractivity contribution >= 4 is 18.1 Å². The lowest BCUT2D eigenvalue weighted by Crippen LogP contribution is -2.34. The van der Waals surface area contributed by atoms with E-state index in [1.165, 1.54) is 0 Å². The number of nitrogens with one attached hydrogen (secondary N) is 1. The molecule has 102 valence electrons. The Labute approximate surface area is 120 Å². The zero-order chi connectivity index (χ0) is 13.2. The van der Waals surface area contributed by atoms with E-state index in [9.17, 15) is 4.79 Å². The van der Waals surface area contributed by atoms with Crippen LogP contribution in [0.25, 0.3) is 16.9 Å². The van der Waals surface area contributed by atoms with Crippen LogP contribution < -0.4 is 11.3 Å². The van der Waals surface area contributed by atoms with Crippen molar-refractivity contribution in [2.45, 2.75) is 12.5 Å².